The van der Waals surface area contributed by atoms with Crippen molar-refractivity contribution < 1.29 is 20.1 Å². The van der Waals surface area contributed by atoms with Crippen molar-refractivity contribution in [1.82, 2.24) is 5.32 Å². The van der Waals surface area contributed by atoms with Crippen LogP contribution in [0.25, 0.3) is 0 Å². The van der Waals surface area contributed by atoms with E-state index in [1.807, 2.05) is 6.08 Å². The number of allylic oxidation sites excluding steroid dienone is 3. The van der Waals surface area contributed by atoms with Crippen LogP contribution in [0.4, 0.5) is 0 Å². The normalized spacial score (nSPS) is 13.4. The van der Waals surface area contributed by atoms with Gasteiger partial charge in [0.25, 0.3) is 0 Å². The number of unbranched alkanes of at least 4 members (excludes halogenated alkanes) is 41. The topological polar surface area (TPSA) is 89.8 Å². The maximum absolute atomic E-state index is 12.4. The lowest BCUT2D eigenvalue weighted by Crippen LogP contribution is -2.45. The molecule has 3 unspecified atom stereocenters. The predicted octanol–water partition coefficient (Wildman–Crippen LogP) is 17.3. The lowest BCUT2D eigenvalue weighted by atomic mass is 10.0. The Morgan fingerprint density at radius 3 is 0.984 bits per heavy atom. The number of carbonyl (C=O) groups excluding carboxylic acids is 1. The molecule has 0 bridgehead atoms. The number of hydrogen-bond donors (Lipinski definition) is 4. The summed E-state index contributed by atoms with van der Waals surface area (Å²) in [4.78, 5) is 12.4. The Morgan fingerprint density at radius 2 is 0.677 bits per heavy atom. The third-order valence-corrected chi connectivity index (χ3v) is 13.2. The second-order valence-electron chi connectivity index (χ2n) is 19.5. The summed E-state index contributed by atoms with van der Waals surface area (Å²) in [6, 6.07) is -0.741. The van der Waals surface area contributed by atoms with Gasteiger partial charge in [0.1, 0.15) is 0 Å². The molecule has 0 aromatic carbocycles. The number of nitrogens with one attached hydrogen (secondary N) is 1. The minimum absolute atomic E-state index is 0.0164. The van der Waals surface area contributed by atoms with Crippen molar-refractivity contribution in [1.29, 1.82) is 0 Å². The molecule has 0 aliphatic heterocycles. The van der Waals surface area contributed by atoms with Crippen LogP contribution < -0.4 is 5.32 Å². The van der Waals surface area contributed by atoms with Gasteiger partial charge >= 0.3 is 0 Å². The molecule has 0 rings (SSSR count). The maximum Gasteiger partial charge on any atom is 0.222 e. The van der Waals surface area contributed by atoms with Gasteiger partial charge in [0, 0.05) is 0 Å². The highest BCUT2D eigenvalue weighted by atomic mass is 16.3. The smallest absolute Gasteiger partial charge is 0.222 e. The fraction of sp³-hybridized carbons (Fsp3) is 0.912. The van der Waals surface area contributed by atoms with E-state index in [0.29, 0.717) is 6.42 Å². The number of amides is 1. The molecule has 4 N–H and O–H groups in total. The minimum atomic E-state index is -0.925. The zero-order valence-corrected chi connectivity index (χ0v) is 42.0. The molecule has 62 heavy (non-hydrogen) atoms. The summed E-state index contributed by atoms with van der Waals surface area (Å²) in [6.45, 7) is 4.21. The Balaban J connectivity index is 3.42. The van der Waals surface area contributed by atoms with Gasteiger partial charge < -0.3 is 20.6 Å². The van der Waals surface area contributed by atoms with Crippen LogP contribution in [0.5, 0.6) is 0 Å². The van der Waals surface area contributed by atoms with Crippen molar-refractivity contribution in [2.45, 2.75) is 327 Å². The lowest BCUT2D eigenvalue weighted by Gasteiger charge is -2.21. The van der Waals surface area contributed by atoms with Crippen molar-refractivity contribution in [2.24, 2.45) is 0 Å². The SMILES string of the molecule is CCCCCCCCCC/C=C/C(O)C(CO)NC(=O)CC(O)CCCCCCCCCCCCCCCCC/C=C\CCCCCCCCCCCCCCCCCCCC. The summed E-state index contributed by atoms with van der Waals surface area (Å²) in [7, 11) is 0. The molecule has 5 heteroatoms. The summed E-state index contributed by atoms with van der Waals surface area (Å²) in [6.07, 6.45) is 66.8. The molecule has 3 atom stereocenters. The van der Waals surface area contributed by atoms with Gasteiger partial charge in [-0.3, -0.25) is 4.79 Å². The summed E-state index contributed by atoms with van der Waals surface area (Å²) in [5.74, 6) is -0.314. The Kier molecular flexibility index (Phi) is 51.5. The Labute approximate surface area is 388 Å². The predicted molar refractivity (Wildman–Crippen MR) is 273 cm³/mol. The van der Waals surface area contributed by atoms with E-state index in [2.05, 4.69) is 31.3 Å². The molecule has 0 fully saturated rings. The zero-order chi connectivity index (χ0) is 45.1. The highest BCUT2D eigenvalue weighted by Crippen LogP contribution is 2.17. The Hall–Kier alpha value is -1.17. The van der Waals surface area contributed by atoms with E-state index >= 15 is 0 Å². The first-order valence-corrected chi connectivity index (χ1v) is 28.1. The summed E-state index contributed by atoms with van der Waals surface area (Å²) >= 11 is 0. The number of hydrogen-bond acceptors (Lipinski definition) is 4. The van der Waals surface area contributed by atoms with Crippen LogP contribution in [0.3, 0.4) is 0 Å². The van der Waals surface area contributed by atoms with Crippen LogP contribution in [0.1, 0.15) is 309 Å². The highest BCUT2D eigenvalue weighted by molar-refractivity contribution is 5.76. The summed E-state index contributed by atoms with van der Waals surface area (Å²) < 4.78 is 0. The molecule has 0 heterocycles. The molecule has 0 saturated carbocycles. The third kappa shape index (κ3) is 48.3. The Morgan fingerprint density at radius 1 is 0.403 bits per heavy atom. The van der Waals surface area contributed by atoms with Gasteiger partial charge in [-0.1, -0.05) is 282 Å². The van der Waals surface area contributed by atoms with E-state index in [1.54, 1.807) is 6.08 Å². The standard InChI is InChI=1S/C57H111NO4/c1-3-5-7-9-11-13-15-16-17-18-19-20-21-22-23-24-25-26-27-28-29-30-31-32-33-34-35-36-37-38-39-40-41-42-44-46-48-50-54(60)52-57(62)58-55(53-59)56(61)51-49-47-45-43-14-12-10-8-6-4-2/h28-29,49,51,54-56,59-61H,3-27,30-48,50,52-53H2,1-2H3,(H,58,62)/b29-28-,51-49+. The molecular formula is C57H111NO4. The lowest BCUT2D eigenvalue weighted by molar-refractivity contribution is -0.124. The van der Waals surface area contributed by atoms with Gasteiger partial charge in [0.2, 0.25) is 5.91 Å². The first kappa shape index (κ1) is 60.8. The minimum Gasteiger partial charge on any atom is -0.394 e. The van der Waals surface area contributed by atoms with Crippen LogP contribution in [0.15, 0.2) is 24.3 Å². The second kappa shape index (κ2) is 52.5. The van der Waals surface area contributed by atoms with Crippen molar-refractivity contribution in [3.05, 3.63) is 24.3 Å². The van der Waals surface area contributed by atoms with Gasteiger partial charge in [-0.25, -0.2) is 0 Å². The average molecular weight is 875 g/mol. The van der Waals surface area contributed by atoms with Crippen LogP contribution in [-0.2, 0) is 4.79 Å². The van der Waals surface area contributed by atoms with E-state index in [1.165, 1.54) is 257 Å². The second-order valence-corrected chi connectivity index (χ2v) is 19.5. The van der Waals surface area contributed by atoms with Gasteiger partial charge in [-0.15, -0.1) is 0 Å². The molecule has 1 amide bonds. The molecule has 5 nitrogen and oxygen atoms in total. The number of aliphatic hydroxyl groups excluding tert-OH is 3. The molecule has 0 aromatic heterocycles. The first-order valence-electron chi connectivity index (χ1n) is 28.1. The number of carbonyl (C=O) groups is 1. The van der Waals surface area contributed by atoms with Crippen LogP contribution >= 0.6 is 0 Å². The van der Waals surface area contributed by atoms with E-state index in [0.717, 1.165) is 25.7 Å². The van der Waals surface area contributed by atoms with E-state index in [4.69, 9.17) is 0 Å². The van der Waals surface area contributed by atoms with E-state index < -0.39 is 18.2 Å². The first-order chi connectivity index (χ1) is 30.5. The Bertz CT molecular complexity index is 920. The van der Waals surface area contributed by atoms with Gasteiger partial charge in [0.05, 0.1) is 31.3 Å². The van der Waals surface area contributed by atoms with Gasteiger partial charge in [-0.2, -0.15) is 0 Å². The quantitative estimate of drug-likeness (QED) is 0.0362. The molecule has 0 aromatic rings. The monoisotopic (exact) mass is 874 g/mol. The summed E-state index contributed by atoms with van der Waals surface area (Å²) in [5.41, 5.74) is 0. The number of aliphatic hydroxyl groups is 3. The molecule has 368 valence electrons. The van der Waals surface area contributed by atoms with Crippen LogP contribution in [0, 0.1) is 0 Å². The fourth-order valence-corrected chi connectivity index (χ4v) is 8.93. The van der Waals surface area contributed by atoms with Crippen molar-refractivity contribution in [3.63, 3.8) is 0 Å². The molecule has 0 aliphatic rings. The molecule has 0 saturated heterocycles. The average Bonchev–Trinajstić information content (AvgIpc) is 3.27. The van der Waals surface area contributed by atoms with Crippen molar-refractivity contribution in [2.75, 3.05) is 6.61 Å². The van der Waals surface area contributed by atoms with Crippen molar-refractivity contribution >= 4 is 5.91 Å². The van der Waals surface area contributed by atoms with Crippen molar-refractivity contribution in [3.8, 4) is 0 Å². The van der Waals surface area contributed by atoms with E-state index in [-0.39, 0.29) is 18.9 Å². The molecule has 0 spiro atoms. The fourth-order valence-electron chi connectivity index (χ4n) is 8.93. The molecular weight excluding hydrogens is 763 g/mol. The van der Waals surface area contributed by atoms with E-state index in [9.17, 15) is 20.1 Å². The number of rotatable bonds is 52. The molecule has 0 aliphatic carbocycles. The molecule has 0 radical (unpaired) electrons. The maximum atomic E-state index is 12.4. The van der Waals surface area contributed by atoms with Gasteiger partial charge in [0.15, 0.2) is 0 Å². The van der Waals surface area contributed by atoms with Crippen LogP contribution in [0.2, 0.25) is 0 Å². The third-order valence-electron chi connectivity index (χ3n) is 13.2. The largest absolute Gasteiger partial charge is 0.394 e. The van der Waals surface area contributed by atoms with Gasteiger partial charge in [-0.05, 0) is 44.9 Å². The zero-order valence-electron chi connectivity index (χ0n) is 42.0. The summed E-state index contributed by atoms with van der Waals surface area (Å²) in [5, 5.41) is 33.2. The van der Waals surface area contributed by atoms with Crippen LogP contribution in [-0.4, -0.2) is 46.1 Å². The highest BCUT2D eigenvalue weighted by Gasteiger charge is 2.20.